The second kappa shape index (κ2) is 6.82. The zero-order chi connectivity index (χ0) is 17.4. The van der Waals surface area contributed by atoms with Gasteiger partial charge in [-0.25, -0.2) is 4.39 Å². The predicted octanol–water partition coefficient (Wildman–Crippen LogP) is 5.22. The van der Waals surface area contributed by atoms with Gasteiger partial charge in [-0.15, -0.1) is 11.3 Å². The number of benzene rings is 1. The topological polar surface area (TPSA) is 28.2 Å². The molecule has 0 saturated carbocycles. The highest BCUT2D eigenvalue weighted by atomic mass is 79.9. The van der Waals surface area contributed by atoms with E-state index in [-0.39, 0.29) is 17.9 Å². The van der Waals surface area contributed by atoms with E-state index < -0.39 is 0 Å². The van der Waals surface area contributed by atoms with Crippen LogP contribution < -0.4 is 10.2 Å². The zero-order valence-electron chi connectivity index (χ0n) is 12.9. The van der Waals surface area contributed by atoms with Gasteiger partial charge in [0.15, 0.2) is 5.11 Å². The summed E-state index contributed by atoms with van der Waals surface area (Å²) in [4.78, 5) is 7.41. The third kappa shape index (κ3) is 3.07. The molecule has 7 heteroatoms. The Morgan fingerprint density at radius 3 is 2.60 bits per heavy atom. The average molecular weight is 434 g/mol. The van der Waals surface area contributed by atoms with Crippen LogP contribution in [0.2, 0.25) is 0 Å². The highest BCUT2D eigenvalue weighted by Gasteiger charge is 2.42. The van der Waals surface area contributed by atoms with Crippen molar-refractivity contribution in [2.24, 2.45) is 0 Å². The van der Waals surface area contributed by atoms with Crippen LogP contribution in [0.5, 0.6) is 0 Å². The summed E-state index contributed by atoms with van der Waals surface area (Å²) in [5.41, 5.74) is 1.34. The Morgan fingerprint density at radius 2 is 1.92 bits per heavy atom. The lowest BCUT2D eigenvalue weighted by atomic mass is 10.0. The van der Waals surface area contributed by atoms with E-state index in [9.17, 15) is 4.39 Å². The number of aromatic nitrogens is 1. The molecule has 1 saturated heterocycles. The molecule has 1 N–H and O–H groups in total. The SMILES string of the molecule is Fc1ccccc1N1C(=S)N[C@@H](c2ccccn2)[C@@H]1c1ccc(Br)s1. The minimum absolute atomic E-state index is 0.154. The highest BCUT2D eigenvalue weighted by Crippen LogP contribution is 2.44. The molecule has 126 valence electrons. The largest absolute Gasteiger partial charge is 0.351 e. The first-order chi connectivity index (χ1) is 12.1. The van der Waals surface area contributed by atoms with Crippen LogP contribution in [0.4, 0.5) is 10.1 Å². The van der Waals surface area contributed by atoms with Gasteiger partial charge in [-0.1, -0.05) is 18.2 Å². The molecule has 0 aliphatic carbocycles. The fourth-order valence-corrected chi connectivity index (χ4v) is 4.93. The van der Waals surface area contributed by atoms with Crippen molar-refractivity contribution in [2.45, 2.75) is 12.1 Å². The number of pyridine rings is 1. The van der Waals surface area contributed by atoms with Crippen LogP contribution in [0, 0.1) is 5.82 Å². The second-order valence-electron chi connectivity index (χ2n) is 5.59. The molecule has 0 spiro atoms. The van der Waals surface area contributed by atoms with Crippen LogP contribution in [0.1, 0.15) is 22.7 Å². The molecule has 0 unspecified atom stereocenters. The van der Waals surface area contributed by atoms with Gasteiger partial charge in [0.1, 0.15) is 5.82 Å². The molecule has 2 aromatic heterocycles. The first kappa shape index (κ1) is 16.6. The summed E-state index contributed by atoms with van der Waals surface area (Å²) in [6.07, 6.45) is 1.76. The van der Waals surface area contributed by atoms with Gasteiger partial charge in [0, 0.05) is 11.1 Å². The molecular weight excluding hydrogens is 421 g/mol. The Balaban J connectivity index is 1.85. The van der Waals surface area contributed by atoms with Crippen LogP contribution >= 0.6 is 39.5 Å². The summed E-state index contributed by atoms with van der Waals surface area (Å²) in [5.74, 6) is -0.297. The molecular formula is C18H13BrFN3S2. The Morgan fingerprint density at radius 1 is 1.12 bits per heavy atom. The number of nitrogens with one attached hydrogen (secondary N) is 1. The Labute approximate surface area is 162 Å². The Kier molecular flexibility index (Phi) is 4.54. The van der Waals surface area contributed by atoms with Crippen LogP contribution in [0.3, 0.4) is 0 Å². The standard InChI is InChI=1S/C18H13BrFN3S2/c19-15-9-8-14(25-15)17-16(12-6-3-4-10-21-12)22-18(24)23(17)13-7-2-1-5-11(13)20/h1-10,16-17H,(H,22,24)/t16-,17-/m0/s1. The number of thiophene rings is 1. The summed E-state index contributed by atoms with van der Waals surface area (Å²) in [5, 5.41) is 3.82. The molecule has 3 heterocycles. The summed E-state index contributed by atoms with van der Waals surface area (Å²) in [6.45, 7) is 0. The molecule has 3 aromatic rings. The summed E-state index contributed by atoms with van der Waals surface area (Å²) in [7, 11) is 0. The van der Waals surface area contributed by atoms with Gasteiger partial charge in [0.05, 0.1) is 27.3 Å². The molecule has 0 bridgehead atoms. The van der Waals surface area contributed by atoms with Crippen molar-refractivity contribution >= 4 is 50.3 Å². The fraction of sp³-hybridized carbons (Fsp3) is 0.111. The average Bonchev–Trinajstić information content (AvgIpc) is 3.19. The number of para-hydroxylation sites is 1. The van der Waals surface area contributed by atoms with E-state index in [1.165, 1.54) is 6.07 Å². The third-order valence-corrected chi connectivity index (χ3v) is 6.10. The van der Waals surface area contributed by atoms with Crippen LogP contribution in [-0.2, 0) is 0 Å². The van der Waals surface area contributed by atoms with E-state index in [0.717, 1.165) is 14.4 Å². The molecule has 1 aliphatic rings. The van der Waals surface area contributed by atoms with Gasteiger partial charge in [0.2, 0.25) is 0 Å². The molecule has 0 radical (unpaired) electrons. The van der Waals surface area contributed by atoms with Gasteiger partial charge in [-0.3, -0.25) is 4.98 Å². The maximum atomic E-state index is 14.5. The van der Waals surface area contributed by atoms with Crippen molar-refractivity contribution in [3.63, 3.8) is 0 Å². The number of halogens is 2. The smallest absolute Gasteiger partial charge is 0.174 e. The van der Waals surface area contributed by atoms with Crippen molar-refractivity contribution in [3.8, 4) is 0 Å². The molecule has 1 aliphatic heterocycles. The van der Waals surface area contributed by atoms with Gasteiger partial charge in [0.25, 0.3) is 0 Å². The number of hydrogen-bond donors (Lipinski definition) is 1. The lowest BCUT2D eigenvalue weighted by Crippen LogP contribution is -2.29. The summed E-state index contributed by atoms with van der Waals surface area (Å²) < 4.78 is 15.5. The van der Waals surface area contributed by atoms with Gasteiger partial charge < -0.3 is 10.2 Å². The number of hydrogen-bond acceptors (Lipinski definition) is 3. The summed E-state index contributed by atoms with van der Waals surface area (Å²) >= 11 is 10.7. The number of nitrogens with zero attached hydrogens (tertiary/aromatic N) is 2. The van der Waals surface area contributed by atoms with E-state index in [1.54, 1.807) is 29.7 Å². The second-order valence-corrected chi connectivity index (χ2v) is 8.47. The van der Waals surface area contributed by atoms with Crippen molar-refractivity contribution < 1.29 is 4.39 Å². The lowest BCUT2D eigenvalue weighted by molar-refractivity contribution is 0.565. The monoisotopic (exact) mass is 433 g/mol. The lowest BCUT2D eigenvalue weighted by Gasteiger charge is -2.27. The Bertz CT molecular complexity index is 915. The van der Waals surface area contributed by atoms with Crippen molar-refractivity contribution in [3.05, 3.63) is 81.0 Å². The quantitative estimate of drug-likeness (QED) is 0.572. The van der Waals surface area contributed by atoms with Crippen LogP contribution in [-0.4, -0.2) is 10.1 Å². The van der Waals surface area contributed by atoms with E-state index >= 15 is 0 Å². The number of thiocarbonyl (C=S) groups is 1. The minimum atomic E-state index is -0.297. The molecule has 25 heavy (non-hydrogen) atoms. The number of rotatable bonds is 3. The summed E-state index contributed by atoms with van der Waals surface area (Å²) in [6, 6.07) is 16.2. The maximum absolute atomic E-state index is 14.5. The normalized spacial score (nSPS) is 19.9. The van der Waals surface area contributed by atoms with E-state index in [0.29, 0.717) is 10.8 Å². The minimum Gasteiger partial charge on any atom is -0.351 e. The highest BCUT2D eigenvalue weighted by molar-refractivity contribution is 9.11. The molecule has 3 nitrogen and oxygen atoms in total. The zero-order valence-corrected chi connectivity index (χ0v) is 16.1. The van der Waals surface area contributed by atoms with Gasteiger partial charge in [-0.2, -0.15) is 0 Å². The van der Waals surface area contributed by atoms with Crippen molar-refractivity contribution in [1.29, 1.82) is 0 Å². The molecule has 1 aromatic carbocycles. The van der Waals surface area contributed by atoms with E-state index in [2.05, 4.69) is 26.2 Å². The molecule has 2 atom stereocenters. The first-order valence-corrected chi connectivity index (χ1v) is 9.67. The predicted molar refractivity (Wildman–Crippen MR) is 106 cm³/mol. The maximum Gasteiger partial charge on any atom is 0.174 e. The van der Waals surface area contributed by atoms with E-state index in [4.69, 9.17) is 12.2 Å². The van der Waals surface area contributed by atoms with Crippen LogP contribution in [0.15, 0.2) is 64.6 Å². The fourth-order valence-electron chi connectivity index (χ4n) is 3.04. The third-order valence-electron chi connectivity index (χ3n) is 4.10. The first-order valence-electron chi connectivity index (χ1n) is 7.65. The molecule has 4 rings (SSSR count). The number of anilines is 1. The van der Waals surface area contributed by atoms with Gasteiger partial charge >= 0.3 is 0 Å². The van der Waals surface area contributed by atoms with Crippen molar-refractivity contribution in [2.75, 3.05) is 4.90 Å². The van der Waals surface area contributed by atoms with Gasteiger partial charge in [-0.05, 0) is 64.5 Å². The Hall–Kier alpha value is -1.83. The van der Waals surface area contributed by atoms with Crippen LogP contribution in [0.25, 0.3) is 0 Å². The molecule has 1 fully saturated rings. The molecule has 0 amide bonds. The van der Waals surface area contributed by atoms with Crippen molar-refractivity contribution in [1.82, 2.24) is 10.3 Å². The van der Waals surface area contributed by atoms with E-state index in [1.807, 2.05) is 41.3 Å².